The van der Waals surface area contributed by atoms with Crippen LogP contribution in [0.2, 0.25) is 0 Å². The van der Waals surface area contributed by atoms with E-state index in [1.807, 2.05) is 0 Å². The van der Waals surface area contributed by atoms with Gasteiger partial charge in [0.05, 0.1) is 0 Å². The number of carboxylic acids is 1. The molecule has 1 fully saturated rings. The van der Waals surface area contributed by atoms with Gasteiger partial charge in [-0.15, -0.1) is 12.4 Å². The number of hydrogen-bond acceptors (Lipinski definition) is 2. The monoisotopic (exact) mass is 247 g/mol. The smallest absolute Gasteiger partial charge is 0.471 e. The standard InChI is InChI=1S/C7H8F3NO3.ClH/c8-7(9,10)6(14)11-3-1-2-4(11)5(12)13;/h4H,1-3H2,(H,12,13);1H/t4-;/m0./s1. The van der Waals surface area contributed by atoms with E-state index < -0.39 is 24.1 Å². The molecule has 0 bridgehead atoms. The lowest BCUT2D eigenvalue weighted by molar-refractivity contribution is -0.187. The molecule has 1 heterocycles. The number of amides is 1. The molecule has 88 valence electrons. The Labute approximate surface area is 89.4 Å². The van der Waals surface area contributed by atoms with Gasteiger partial charge in [0, 0.05) is 6.54 Å². The van der Waals surface area contributed by atoms with Gasteiger partial charge in [-0.05, 0) is 12.8 Å². The summed E-state index contributed by atoms with van der Waals surface area (Å²) in [6.07, 6.45) is -4.62. The predicted octanol–water partition coefficient (Wildman–Crippen LogP) is 1.05. The normalized spacial score (nSPS) is 21.0. The van der Waals surface area contributed by atoms with Crippen molar-refractivity contribution in [3.8, 4) is 0 Å². The molecule has 0 saturated carbocycles. The quantitative estimate of drug-likeness (QED) is 0.753. The van der Waals surface area contributed by atoms with E-state index in [2.05, 4.69) is 0 Å². The fourth-order valence-corrected chi connectivity index (χ4v) is 1.43. The maximum absolute atomic E-state index is 12.0. The second-order valence-electron chi connectivity index (χ2n) is 2.99. The summed E-state index contributed by atoms with van der Waals surface area (Å²) < 4.78 is 35.9. The summed E-state index contributed by atoms with van der Waals surface area (Å²) in [7, 11) is 0. The predicted molar refractivity (Wildman–Crippen MR) is 45.7 cm³/mol. The third kappa shape index (κ3) is 2.98. The van der Waals surface area contributed by atoms with Crippen LogP contribution in [0.15, 0.2) is 0 Å². The molecule has 0 aromatic rings. The molecule has 0 spiro atoms. The molecule has 1 amide bonds. The maximum atomic E-state index is 12.0. The summed E-state index contributed by atoms with van der Waals surface area (Å²) in [5.74, 6) is -3.46. The summed E-state index contributed by atoms with van der Waals surface area (Å²) in [5.41, 5.74) is 0. The highest BCUT2D eigenvalue weighted by molar-refractivity contribution is 5.87. The maximum Gasteiger partial charge on any atom is 0.471 e. The van der Waals surface area contributed by atoms with Crippen molar-refractivity contribution in [2.24, 2.45) is 0 Å². The number of hydrogen-bond donors (Lipinski definition) is 1. The third-order valence-electron chi connectivity index (χ3n) is 2.04. The Bertz CT molecular complexity index is 269. The molecule has 1 saturated heterocycles. The molecule has 4 nitrogen and oxygen atoms in total. The van der Waals surface area contributed by atoms with E-state index in [1.165, 1.54) is 0 Å². The number of carbonyl (C=O) groups excluding carboxylic acids is 1. The van der Waals surface area contributed by atoms with E-state index in [0.717, 1.165) is 0 Å². The van der Waals surface area contributed by atoms with E-state index in [-0.39, 0.29) is 25.4 Å². The summed E-state index contributed by atoms with van der Waals surface area (Å²) in [6.45, 7) is -0.144. The second-order valence-corrected chi connectivity index (χ2v) is 2.99. The first-order valence-electron chi connectivity index (χ1n) is 3.94. The lowest BCUT2D eigenvalue weighted by Crippen LogP contribution is -2.46. The van der Waals surface area contributed by atoms with Crippen LogP contribution in [0.5, 0.6) is 0 Å². The molecule has 1 aliphatic rings. The number of halogens is 4. The van der Waals surface area contributed by atoms with Gasteiger partial charge >= 0.3 is 18.1 Å². The molecular weight excluding hydrogens is 239 g/mol. The number of alkyl halides is 3. The first-order valence-corrected chi connectivity index (χ1v) is 3.94. The molecule has 0 aromatic heterocycles. The van der Waals surface area contributed by atoms with Crippen molar-refractivity contribution in [2.45, 2.75) is 25.1 Å². The minimum atomic E-state index is -4.99. The lowest BCUT2D eigenvalue weighted by atomic mass is 10.2. The Hall–Kier alpha value is -0.980. The highest BCUT2D eigenvalue weighted by Crippen LogP contribution is 2.25. The van der Waals surface area contributed by atoms with Crippen molar-refractivity contribution in [1.82, 2.24) is 4.90 Å². The topological polar surface area (TPSA) is 57.6 Å². The fraction of sp³-hybridized carbons (Fsp3) is 0.714. The van der Waals surface area contributed by atoms with E-state index in [9.17, 15) is 22.8 Å². The molecule has 0 unspecified atom stereocenters. The van der Waals surface area contributed by atoms with Crippen molar-refractivity contribution in [3.05, 3.63) is 0 Å². The van der Waals surface area contributed by atoms with Crippen LogP contribution in [0, 0.1) is 0 Å². The summed E-state index contributed by atoms with van der Waals surface area (Å²) >= 11 is 0. The first kappa shape index (κ1) is 14.0. The molecule has 0 aromatic carbocycles. The number of rotatable bonds is 1. The van der Waals surface area contributed by atoms with E-state index in [0.29, 0.717) is 11.3 Å². The van der Waals surface area contributed by atoms with Crippen molar-refractivity contribution >= 4 is 24.3 Å². The summed E-state index contributed by atoms with van der Waals surface area (Å²) in [6, 6.07) is -1.33. The average molecular weight is 248 g/mol. The van der Waals surface area contributed by atoms with Gasteiger partial charge in [0.15, 0.2) is 0 Å². The fourth-order valence-electron chi connectivity index (χ4n) is 1.43. The van der Waals surface area contributed by atoms with Crippen LogP contribution in [-0.2, 0) is 9.59 Å². The minimum absolute atomic E-state index is 0. The molecule has 0 radical (unpaired) electrons. The van der Waals surface area contributed by atoms with Crippen molar-refractivity contribution < 1.29 is 27.9 Å². The van der Waals surface area contributed by atoms with Gasteiger partial charge in [0.2, 0.25) is 0 Å². The van der Waals surface area contributed by atoms with Crippen LogP contribution in [0.4, 0.5) is 13.2 Å². The second kappa shape index (κ2) is 4.69. The Balaban J connectivity index is 0.00000196. The Morgan fingerprint density at radius 3 is 2.27 bits per heavy atom. The van der Waals surface area contributed by atoms with E-state index in [4.69, 9.17) is 5.11 Å². The molecule has 1 atom stereocenters. The zero-order valence-corrected chi connectivity index (χ0v) is 8.27. The Kier molecular flexibility index (Phi) is 4.39. The molecule has 0 aliphatic carbocycles. The zero-order chi connectivity index (χ0) is 10.9. The van der Waals surface area contributed by atoms with Crippen LogP contribution < -0.4 is 0 Å². The average Bonchev–Trinajstić information content (AvgIpc) is 2.48. The summed E-state index contributed by atoms with van der Waals surface area (Å²) in [5, 5.41) is 8.54. The molecule has 1 rings (SSSR count). The van der Waals surface area contributed by atoms with Crippen LogP contribution in [0.1, 0.15) is 12.8 Å². The molecule has 1 aliphatic heterocycles. The van der Waals surface area contributed by atoms with Crippen molar-refractivity contribution in [1.29, 1.82) is 0 Å². The molecule has 15 heavy (non-hydrogen) atoms. The van der Waals surface area contributed by atoms with E-state index >= 15 is 0 Å². The molecule has 1 N–H and O–H groups in total. The van der Waals surface area contributed by atoms with Gasteiger partial charge in [-0.3, -0.25) is 4.79 Å². The van der Waals surface area contributed by atoms with Gasteiger partial charge < -0.3 is 10.0 Å². The van der Waals surface area contributed by atoms with Crippen molar-refractivity contribution in [2.75, 3.05) is 6.54 Å². The van der Waals surface area contributed by atoms with Gasteiger partial charge in [-0.25, -0.2) is 4.79 Å². The van der Waals surface area contributed by atoms with Gasteiger partial charge in [0.25, 0.3) is 0 Å². The summed E-state index contributed by atoms with van der Waals surface area (Å²) in [4.78, 5) is 21.6. The molecular formula is C7H9ClF3NO3. The molecule has 8 heteroatoms. The Morgan fingerprint density at radius 1 is 1.33 bits per heavy atom. The van der Waals surface area contributed by atoms with Crippen molar-refractivity contribution in [3.63, 3.8) is 0 Å². The van der Waals surface area contributed by atoms with E-state index in [1.54, 1.807) is 0 Å². The van der Waals surface area contributed by atoms with Crippen LogP contribution in [-0.4, -0.2) is 40.6 Å². The van der Waals surface area contributed by atoms with Gasteiger partial charge in [0.1, 0.15) is 6.04 Å². The first-order chi connectivity index (χ1) is 6.34. The van der Waals surface area contributed by atoms with Crippen LogP contribution in [0.3, 0.4) is 0 Å². The van der Waals surface area contributed by atoms with Gasteiger partial charge in [-0.1, -0.05) is 0 Å². The van der Waals surface area contributed by atoms with Gasteiger partial charge in [-0.2, -0.15) is 13.2 Å². The van der Waals surface area contributed by atoms with Crippen LogP contribution >= 0.6 is 12.4 Å². The number of carbonyl (C=O) groups is 2. The third-order valence-corrected chi connectivity index (χ3v) is 2.04. The lowest BCUT2D eigenvalue weighted by Gasteiger charge is -2.22. The number of nitrogens with zero attached hydrogens (tertiary/aromatic N) is 1. The SMILES string of the molecule is Cl.O=C(O)[C@@H]1CCCN1C(=O)C(F)(F)F. The number of likely N-dealkylation sites (tertiary alicyclic amines) is 1. The minimum Gasteiger partial charge on any atom is -0.480 e. The number of aliphatic carboxylic acids is 1. The number of carboxylic acid groups (broad SMARTS) is 1. The highest BCUT2D eigenvalue weighted by Gasteiger charge is 2.47. The zero-order valence-electron chi connectivity index (χ0n) is 7.45. The Morgan fingerprint density at radius 2 is 1.87 bits per heavy atom. The van der Waals surface area contributed by atoms with Crippen LogP contribution in [0.25, 0.3) is 0 Å². The highest BCUT2D eigenvalue weighted by atomic mass is 35.5. The largest absolute Gasteiger partial charge is 0.480 e.